The number of amides is 3. The average Bonchev–Trinajstić information content (AvgIpc) is 3.42. The van der Waals surface area contributed by atoms with Gasteiger partial charge in [-0.25, -0.2) is 0 Å². The molecule has 0 aromatic rings. The molecule has 444 valence electrons. The quantitative estimate of drug-likeness (QED) is 0.0448. The number of carbonyl (C=O) groups is 5. The van der Waals surface area contributed by atoms with Gasteiger partial charge in [0.05, 0.1) is 57.3 Å². The van der Waals surface area contributed by atoms with Crippen LogP contribution in [-0.2, 0) is 66.6 Å². The van der Waals surface area contributed by atoms with Crippen molar-refractivity contribution >= 4 is 29.7 Å². The van der Waals surface area contributed by atoms with Gasteiger partial charge >= 0.3 is 59.1 Å². The van der Waals surface area contributed by atoms with E-state index in [0.29, 0.717) is 0 Å². The first-order valence-electron chi connectivity index (χ1n) is 23.8. The van der Waals surface area contributed by atoms with Gasteiger partial charge in [0, 0.05) is 33.6 Å². The maximum Gasteiger partial charge on any atom is 1.00 e. The molecule has 0 radical (unpaired) electrons. The molecule has 3 amide bonds. The second kappa shape index (κ2) is 30.4. The molecule has 5 aliphatic heterocycles. The van der Waals surface area contributed by atoms with Crippen molar-refractivity contribution in [3.05, 3.63) is 0 Å². The first-order valence-corrected chi connectivity index (χ1v) is 23.8. The summed E-state index contributed by atoms with van der Waals surface area (Å²) >= 11 is 0. The van der Waals surface area contributed by atoms with Gasteiger partial charge in [-0.15, -0.1) is 0 Å². The summed E-state index contributed by atoms with van der Waals surface area (Å²) in [6.45, 7) is -3.40. The van der Waals surface area contributed by atoms with Crippen molar-refractivity contribution in [2.24, 2.45) is 0 Å². The maximum absolute atomic E-state index is 13.6. The number of carboxylic acids is 2. The Morgan fingerprint density at radius 1 is 0.544 bits per heavy atom. The second-order valence-electron chi connectivity index (χ2n) is 19.0. The molecule has 0 aliphatic carbocycles. The van der Waals surface area contributed by atoms with Crippen LogP contribution >= 0.6 is 0 Å². The molecule has 27 atom stereocenters. The Kier molecular flexibility index (Phi) is 27.6. The fraction of sp³-hybridized carbons (Fsp3) is 0.881. The number of aliphatic hydroxyl groups is 16. The summed E-state index contributed by atoms with van der Waals surface area (Å²) in [5.74, 6) is -14.9. The normalized spacial score (nSPS) is 42.1. The van der Waals surface area contributed by atoms with Gasteiger partial charge < -0.3 is 160 Å². The molecule has 0 spiro atoms. The van der Waals surface area contributed by atoms with E-state index in [1.807, 2.05) is 0 Å². The van der Waals surface area contributed by atoms with Crippen LogP contribution in [0.25, 0.3) is 0 Å². The van der Waals surface area contributed by atoms with Crippen molar-refractivity contribution in [3.63, 3.8) is 0 Å². The second-order valence-corrected chi connectivity index (χ2v) is 19.0. The van der Waals surface area contributed by atoms with E-state index in [1.165, 1.54) is 0 Å². The number of hydrogen-bond donors (Lipinski definition) is 19. The molecule has 0 aromatic heterocycles. The number of rotatable bonds is 22. The van der Waals surface area contributed by atoms with E-state index < -0.39 is 240 Å². The SMILES string of the molecule is CC(=O)NC1C(OC2C(CO)OC(OC3C(CO)OC(O)C(O)C3O)C(O)C2OC2(C(=O)[O-])CC(O)C(NC(C)=O)C([C@H](O)[C@@H](CO)OC3(C(=O)[O-])CC(O)C(NC(C)=O)C([C@H](O)[C@H](O)CO)O3)O2)OC(CO)C(O)C1O.[Na+].[Na+]. The van der Waals surface area contributed by atoms with Crippen LogP contribution < -0.4 is 85.3 Å². The monoisotopic (exact) mass is 1170 g/mol. The number of ether oxygens (including phenoxy) is 9. The Hall–Kier alpha value is -1.65. The van der Waals surface area contributed by atoms with Gasteiger partial charge in [0.1, 0.15) is 122 Å². The van der Waals surface area contributed by atoms with Gasteiger partial charge in [-0.3, -0.25) is 14.4 Å². The molecular formula is C42H67N3Na2O32. The minimum atomic E-state index is -3.66. The first kappa shape index (κ1) is 71.6. The smallest absolute Gasteiger partial charge is 0.544 e. The fourth-order valence-corrected chi connectivity index (χ4v) is 9.63. The molecule has 23 unspecified atom stereocenters. The van der Waals surface area contributed by atoms with E-state index >= 15 is 0 Å². The summed E-state index contributed by atoms with van der Waals surface area (Å²) in [5, 5.41) is 206. The molecule has 5 rings (SSSR count). The Bertz CT molecular complexity index is 2010. The minimum Gasteiger partial charge on any atom is -0.544 e. The van der Waals surface area contributed by atoms with Gasteiger partial charge in [0.15, 0.2) is 18.9 Å². The molecule has 5 heterocycles. The van der Waals surface area contributed by atoms with Crippen LogP contribution in [0.5, 0.6) is 0 Å². The molecule has 0 saturated carbocycles. The van der Waals surface area contributed by atoms with Crippen molar-refractivity contribution in [2.75, 3.05) is 33.0 Å². The molecule has 5 aliphatic rings. The number of nitrogens with one attached hydrogen (secondary N) is 3. The van der Waals surface area contributed by atoms with Crippen molar-refractivity contribution < 1.29 is 218 Å². The predicted molar refractivity (Wildman–Crippen MR) is 230 cm³/mol. The van der Waals surface area contributed by atoms with Crippen LogP contribution in [-0.4, -0.2) is 309 Å². The zero-order valence-electron chi connectivity index (χ0n) is 43.1. The molecule has 79 heavy (non-hydrogen) atoms. The molecule has 0 aromatic carbocycles. The standard InChI is InChI=1S/C42H69N3O32.2Na/c1-11(51)43-21-14(54)4-41(39(65)66,75-33(21)24(57)16(56)6-46)74-18(8-48)26(59)34-22(44-12(2)52)15(55)5-42(76-34,40(67)68)77-35-30(63)38(72-31-19(9-49)69-36(64)29(62)28(31)61)71-20(10-50)32(35)73-37-23(45-13(3)53)27(60)25(58)17(7-47)70-37;;/h14-38,46-50,54-64H,4-10H2,1-3H3,(H,43,51)(H,44,52)(H,45,53)(H,65,66)(H,67,68);;/q;2*+1/p-2/t14?,15?,16-,17?,18-,19?,20?,21?,22?,23?,24-,25?,26-,27?,28?,29?,30?,31?,32?,33?,34?,35?,36?,37?,38?,41?,42?;;/m1../s1. The molecule has 5 saturated heterocycles. The molecule has 5 fully saturated rings. The Morgan fingerprint density at radius 2 is 1.00 bits per heavy atom. The average molecular weight is 1170 g/mol. The zero-order chi connectivity index (χ0) is 57.8. The third kappa shape index (κ3) is 16.0. The summed E-state index contributed by atoms with van der Waals surface area (Å²) in [6, 6.07) is -5.65. The largest absolute Gasteiger partial charge is 1.00 e. The van der Waals surface area contributed by atoms with Crippen LogP contribution in [0.2, 0.25) is 0 Å². The van der Waals surface area contributed by atoms with Crippen LogP contribution in [0, 0.1) is 0 Å². The van der Waals surface area contributed by atoms with Crippen LogP contribution in [0.1, 0.15) is 33.6 Å². The Balaban J connectivity index is 0.00000820. The van der Waals surface area contributed by atoms with Crippen molar-refractivity contribution in [1.82, 2.24) is 16.0 Å². The van der Waals surface area contributed by atoms with Crippen LogP contribution in [0.3, 0.4) is 0 Å². The maximum atomic E-state index is 13.6. The third-order valence-corrected chi connectivity index (χ3v) is 13.5. The number of carboxylic acid groups (broad SMARTS) is 2. The summed E-state index contributed by atoms with van der Waals surface area (Å²) < 4.78 is 51.1. The molecular weight excluding hydrogens is 1100 g/mol. The van der Waals surface area contributed by atoms with Gasteiger partial charge in [-0.1, -0.05) is 0 Å². The summed E-state index contributed by atoms with van der Waals surface area (Å²) in [6.07, 6.45) is -51.6. The van der Waals surface area contributed by atoms with Gasteiger partial charge in [-0.2, -0.15) is 0 Å². The van der Waals surface area contributed by atoms with Gasteiger partial charge in [0.2, 0.25) is 29.3 Å². The van der Waals surface area contributed by atoms with Crippen molar-refractivity contribution in [2.45, 2.75) is 198 Å². The minimum absolute atomic E-state index is 0. The number of hydrogen-bond acceptors (Lipinski definition) is 32. The van der Waals surface area contributed by atoms with Crippen molar-refractivity contribution in [3.8, 4) is 0 Å². The van der Waals surface area contributed by atoms with E-state index in [4.69, 9.17) is 42.6 Å². The van der Waals surface area contributed by atoms with E-state index in [9.17, 15) is 116 Å². The molecule has 35 nitrogen and oxygen atoms in total. The van der Waals surface area contributed by atoms with E-state index in [2.05, 4.69) is 16.0 Å². The van der Waals surface area contributed by atoms with Crippen molar-refractivity contribution in [1.29, 1.82) is 0 Å². The van der Waals surface area contributed by atoms with Crippen LogP contribution in [0.4, 0.5) is 0 Å². The summed E-state index contributed by atoms with van der Waals surface area (Å²) in [4.78, 5) is 63.6. The van der Waals surface area contributed by atoms with Gasteiger partial charge in [-0.05, 0) is 0 Å². The van der Waals surface area contributed by atoms with E-state index in [0.717, 1.165) is 20.8 Å². The zero-order valence-corrected chi connectivity index (χ0v) is 47.1. The molecule has 19 N–H and O–H groups in total. The topological polar surface area (TPSA) is 574 Å². The van der Waals surface area contributed by atoms with E-state index in [1.54, 1.807) is 0 Å². The molecule has 0 bridgehead atoms. The summed E-state index contributed by atoms with van der Waals surface area (Å²) in [5.41, 5.74) is 0. The number of aliphatic carboxylic acids is 2. The van der Waals surface area contributed by atoms with Gasteiger partial charge in [0.25, 0.3) is 0 Å². The van der Waals surface area contributed by atoms with Crippen LogP contribution in [0.15, 0.2) is 0 Å². The third-order valence-electron chi connectivity index (χ3n) is 13.5. The number of carbonyl (C=O) groups excluding carboxylic acids is 5. The predicted octanol–water partition coefficient (Wildman–Crippen LogP) is -21.7. The number of aliphatic hydroxyl groups excluding tert-OH is 16. The Labute approximate surface area is 491 Å². The van der Waals surface area contributed by atoms with E-state index in [-0.39, 0.29) is 59.1 Å². The summed E-state index contributed by atoms with van der Waals surface area (Å²) in [7, 11) is 0. The first-order chi connectivity index (χ1) is 36.0. The molecule has 37 heteroatoms. The fourth-order valence-electron chi connectivity index (χ4n) is 9.63. The Morgan fingerprint density at radius 3 is 1.48 bits per heavy atom.